The molecule has 0 spiro atoms. The minimum Gasteiger partial charge on any atom is -0.324 e. The zero-order valence-corrected chi connectivity index (χ0v) is 11.7. The van der Waals surface area contributed by atoms with Crippen LogP contribution in [0.4, 0.5) is 4.39 Å². The van der Waals surface area contributed by atoms with Crippen LogP contribution in [-0.4, -0.2) is 0 Å². The summed E-state index contributed by atoms with van der Waals surface area (Å²) < 4.78 is 13.8. The Morgan fingerprint density at radius 3 is 2.44 bits per heavy atom. The van der Waals surface area contributed by atoms with Gasteiger partial charge in [-0.15, -0.1) is 0 Å². The average molecular weight is 308 g/mol. The zero-order valence-electron chi connectivity index (χ0n) is 10.2. The quantitative estimate of drug-likeness (QED) is 0.906. The number of aryl methyl sites for hydroxylation is 1. The van der Waals surface area contributed by atoms with E-state index in [4.69, 9.17) is 5.73 Å². The molecule has 0 heterocycles. The third kappa shape index (κ3) is 3.40. The number of hydrogen-bond donors (Lipinski definition) is 1. The average Bonchev–Trinajstić information content (AvgIpc) is 2.31. The van der Waals surface area contributed by atoms with E-state index in [2.05, 4.69) is 22.0 Å². The van der Waals surface area contributed by atoms with E-state index in [9.17, 15) is 4.39 Å². The minimum atomic E-state index is -0.217. The molecular weight excluding hydrogens is 293 g/mol. The molecule has 1 nitrogen and oxygen atoms in total. The van der Waals surface area contributed by atoms with Gasteiger partial charge in [-0.1, -0.05) is 34.1 Å². The number of halogens is 2. The van der Waals surface area contributed by atoms with Crippen molar-refractivity contribution < 1.29 is 4.39 Å². The Balaban J connectivity index is 2.16. The third-order valence-electron chi connectivity index (χ3n) is 2.86. The standard InChI is InChI=1S/C15H15BrFN/c1-10-6-12(9-13(16)7-10)15(18)8-11-2-4-14(17)5-3-11/h2-7,9,15H,8,18H2,1H3. The first-order valence-electron chi connectivity index (χ1n) is 5.82. The van der Waals surface area contributed by atoms with Gasteiger partial charge in [0.1, 0.15) is 5.82 Å². The van der Waals surface area contributed by atoms with Crippen LogP contribution in [0.5, 0.6) is 0 Å². The Labute approximate surface area is 115 Å². The van der Waals surface area contributed by atoms with Crippen LogP contribution < -0.4 is 5.73 Å². The molecule has 1 atom stereocenters. The van der Waals surface area contributed by atoms with Crippen LogP contribution in [0.25, 0.3) is 0 Å². The van der Waals surface area contributed by atoms with Crippen LogP contribution in [0.3, 0.4) is 0 Å². The van der Waals surface area contributed by atoms with Crippen molar-refractivity contribution in [2.45, 2.75) is 19.4 Å². The highest BCUT2D eigenvalue weighted by molar-refractivity contribution is 9.10. The van der Waals surface area contributed by atoms with Gasteiger partial charge < -0.3 is 5.73 Å². The molecule has 2 aromatic carbocycles. The van der Waals surface area contributed by atoms with Crippen LogP contribution in [0.15, 0.2) is 46.9 Å². The van der Waals surface area contributed by atoms with Crippen LogP contribution in [0.1, 0.15) is 22.7 Å². The first kappa shape index (κ1) is 13.2. The fraction of sp³-hybridized carbons (Fsp3) is 0.200. The number of nitrogens with two attached hydrogens (primary N) is 1. The highest BCUT2D eigenvalue weighted by Crippen LogP contribution is 2.22. The summed E-state index contributed by atoms with van der Waals surface area (Å²) in [5, 5.41) is 0. The van der Waals surface area contributed by atoms with Crippen molar-refractivity contribution in [3.63, 3.8) is 0 Å². The Morgan fingerprint density at radius 1 is 1.17 bits per heavy atom. The lowest BCUT2D eigenvalue weighted by atomic mass is 9.98. The predicted molar refractivity (Wildman–Crippen MR) is 75.9 cm³/mol. The van der Waals surface area contributed by atoms with E-state index in [1.807, 2.05) is 19.1 Å². The number of rotatable bonds is 3. The molecule has 0 aromatic heterocycles. The minimum absolute atomic E-state index is 0.0772. The monoisotopic (exact) mass is 307 g/mol. The third-order valence-corrected chi connectivity index (χ3v) is 3.32. The van der Waals surface area contributed by atoms with Crippen LogP contribution in [-0.2, 0) is 6.42 Å². The molecule has 0 aliphatic heterocycles. The molecule has 2 aromatic rings. The normalized spacial score (nSPS) is 12.4. The highest BCUT2D eigenvalue weighted by Gasteiger charge is 2.08. The molecule has 0 fully saturated rings. The van der Waals surface area contributed by atoms with E-state index in [0.717, 1.165) is 15.6 Å². The van der Waals surface area contributed by atoms with Crippen molar-refractivity contribution in [1.82, 2.24) is 0 Å². The largest absolute Gasteiger partial charge is 0.324 e. The second kappa shape index (κ2) is 5.63. The molecule has 18 heavy (non-hydrogen) atoms. The van der Waals surface area contributed by atoms with Gasteiger partial charge in [-0.25, -0.2) is 4.39 Å². The molecule has 1 unspecified atom stereocenters. The molecule has 0 radical (unpaired) electrons. The maximum absolute atomic E-state index is 12.8. The lowest BCUT2D eigenvalue weighted by Gasteiger charge is -2.13. The van der Waals surface area contributed by atoms with Crippen molar-refractivity contribution in [2.24, 2.45) is 5.73 Å². The van der Waals surface area contributed by atoms with Gasteiger partial charge in [-0.05, 0) is 54.3 Å². The molecule has 0 aliphatic carbocycles. The van der Waals surface area contributed by atoms with Crippen molar-refractivity contribution in [3.05, 3.63) is 69.4 Å². The van der Waals surface area contributed by atoms with E-state index in [0.29, 0.717) is 6.42 Å². The molecule has 0 amide bonds. The first-order chi connectivity index (χ1) is 8.54. The zero-order chi connectivity index (χ0) is 13.1. The smallest absolute Gasteiger partial charge is 0.123 e. The predicted octanol–water partition coefficient (Wildman–Crippen LogP) is 4.14. The van der Waals surface area contributed by atoms with E-state index in [1.165, 1.54) is 17.7 Å². The lowest BCUT2D eigenvalue weighted by molar-refractivity contribution is 0.625. The molecule has 3 heteroatoms. The molecule has 94 valence electrons. The van der Waals surface area contributed by atoms with E-state index in [-0.39, 0.29) is 11.9 Å². The van der Waals surface area contributed by atoms with Crippen LogP contribution >= 0.6 is 15.9 Å². The molecule has 0 bridgehead atoms. The van der Waals surface area contributed by atoms with Gasteiger partial charge in [0.25, 0.3) is 0 Å². The van der Waals surface area contributed by atoms with Crippen LogP contribution in [0, 0.1) is 12.7 Å². The summed E-state index contributed by atoms with van der Waals surface area (Å²) in [6.07, 6.45) is 0.705. The number of hydrogen-bond acceptors (Lipinski definition) is 1. The fourth-order valence-electron chi connectivity index (χ4n) is 1.97. The van der Waals surface area contributed by atoms with Gasteiger partial charge in [0.2, 0.25) is 0 Å². The first-order valence-corrected chi connectivity index (χ1v) is 6.61. The SMILES string of the molecule is Cc1cc(Br)cc(C(N)Cc2ccc(F)cc2)c1. The summed E-state index contributed by atoms with van der Waals surface area (Å²) in [5.74, 6) is -0.217. The summed E-state index contributed by atoms with van der Waals surface area (Å²) >= 11 is 3.47. The van der Waals surface area contributed by atoms with Gasteiger partial charge in [0.05, 0.1) is 0 Å². The van der Waals surface area contributed by atoms with Crippen molar-refractivity contribution in [3.8, 4) is 0 Å². The maximum atomic E-state index is 12.8. The molecular formula is C15H15BrFN. The Kier molecular flexibility index (Phi) is 4.15. The second-order valence-electron chi connectivity index (χ2n) is 4.50. The molecule has 2 N–H and O–H groups in total. The van der Waals surface area contributed by atoms with Crippen molar-refractivity contribution in [1.29, 1.82) is 0 Å². The van der Waals surface area contributed by atoms with Gasteiger partial charge in [0.15, 0.2) is 0 Å². The maximum Gasteiger partial charge on any atom is 0.123 e. The van der Waals surface area contributed by atoms with Gasteiger partial charge >= 0.3 is 0 Å². The topological polar surface area (TPSA) is 26.0 Å². The van der Waals surface area contributed by atoms with Gasteiger partial charge in [-0.3, -0.25) is 0 Å². The Hall–Kier alpha value is -1.19. The Bertz CT molecular complexity index is 516. The van der Waals surface area contributed by atoms with E-state index < -0.39 is 0 Å². The molecule has 0 saturated heterocycles. The lowest BCUT2D eigenvalue weighted by Crippen LogP contribution is -2.13. The van der Waals surface area contributed by atoms with Crippen molar-refractivity contribution in [2.75, 3.05) is 0 Å². The summed E-state index contributed by atoms with van der Waals surface area (Å²) in [6, 6.07) is 12.6. The van der Waals surface area contributed by atoms with Crippen molar-refractivity contribution >= 4 is 15.9 Å². The van der Waals surface area contributed by atoms with E-state index in [1.54, 1.807) is 12.1 Å². The Morgan fingerprint density at radius 2 is 1.83 bits per heavy atom. The van der Waals surface area contributed by atoms with Crippen LogP contribution in [0.2, 0.25) is 0 Å². The van der Waals surface area contributed by atoms with Gasteiger partial charge in [-0.2, -0.15) is 0 Å². The number of benzene rings is 2. The summed E-state index contributed by atoms with van der Waals surface area (Å²) in [7, 11) is 0. The second-order valence-corrected chi connectivity index (χ2v) is 5.41. The summed E-state index contributed by atoms with van der Waals surface area (Å²) in [4.78, 5) is 0. The highest BCUT2D eigenvalue weighted by atomic mass is 79.9. The van der Waals surface area contributed by atoms with E-state index >= 15 is 0 Å². The van der Waals surface area contributed by atoms with Gasteiger partial charge in [0, 0.05) is 10.5 Å². The summed E-state index contributed by atoms with van der Waals surface area (Å²) in [6.45, 7) is 2.04. The molecule has 2 rings (SSSR count). The molecule has 0 aliphatic rings. The fourth-order valence-corrected chi connectivity index (χ4v) is 2.60. The summed E-state index contributed by atoms with van der Waals surface area (Å²) in [5.41, 5.74) is 9.50. The molecule has 0 saturated carbocycles.